The molecule has 0 aromatic heterocycles. The maximum absolute atomic E-state index is 12.0. The summed E-state index contributed by atoms with van der Waals surface area (Å²) in [6.07, 6.45) is 6.95. The van der Waals surface area contributed by atoms with Crippen molar-refractivity contribution in [1.29, 1.82) is 0 Å². The molecule has 1 aliphatic rings. The van der Waals surface area contributed by atoms with E-state index in [2.05, 4.69) is 66.8 Å². The number of esters is 1. The molecule has 4 rings (SSSR count). The molecule has 0 heterocycles. The summed E-state index contributed by atoms with van der Waals surface area (Å²) >= 11 is 0. The lowest BCUT2D eigenvalue weighted by atomic mass is 9.86. The third kappa shape index (κ3) is 5.28. The smallest absolute Gasteiger partial charge is 0.337 e. The van der Waals surface area contributed by atoms with Gasteiger partial charge in [-0.2, -0.15) is 0 Å². The maximum atomic E-state index is 12.0. The number of rotatable bonds is 8. The van der Waals surface area contributed by atoms with E-state index in [1.807, 2.05) is 12.1 Å². The van der Waals surface area contributed by atoms with Gasteiger partial charge in [0.15, 0.2) is 0 Å². The molecular weight excluding hydrogens is 394 g/mol. The number of carbonyl (C=O) groups excluding carboxylic acids is 1. The van der Waals surface area contributed by atoms with Crippen LogP contribution in [0.25, 0.3) is 11.1 Å². The monoisotopic (exact) mass is 427 g/mol. The van der Waals surface area contributed by atoms with Gasteiger partial charge in [0.25, 0.3) is 0 Å². The van der Waals surface area contributed by atoms with E-state index in [0.29, 0.717) is 5.56 Å². The van der Waals surface area contributed by atoms with E-state index >= 15 is 0 Å². The lowest BCUT2D eigenvalue weighted by Gasteiger charge is -2.27. The number of ether oxygens (including phenoxy) is 1. The summed E-state index contributed by atoms with van der Waals surface area (Å²) in [7, 11) is 1.43. The highest BCUT2D eigenvalue weighted by molar-refractivity contribution is 5.89. The lowest BCUT2D eigenvalue weighted by molar-refractivity contribution is 0.0600. The fraction of sp³-hybridized carbons (Fsp3) is 0.345. The second kappa shape index (κ2) is 10.6. The largest absolute Gasteiger partial charge is 0.465 e. The molecule has 3 aromatic carbocycles. The van der Waals surface area contributed by atoms with Crippen LogP contribution < -0.4 is 5.32 Å². The molecule has 3 nitrogen and oxygen atoms in total. The number of benzene rings is 3. The summed E-state index contributed by atoms with van der Waals surface area (Å²) in [4.78, 5) is 12.0. The Labute approximate surface area is 191 Å². The van der Waals surface area contributed by atoms with E-state index < -0.39 is 0 Å². The summed E-state index contributed by atoms with van der Waals surface area (Å²) in [5.74, 6) is -0.272. The molecule has 32 heavy (non-hydrogen) atoms. The van der Waals surface area contributed by atoms with Crippen molar-refractivity contribution < 1.29 is 9.53 Å². The molecule has 1 aliphatic carbocycles. The van der Waals surface area contributed by atoms with E-state index in [4.69, 9.17) is 4.74 Å². The van der Waals surface area contributed by atoms with Crippen molar-refractivity contribution in [3.8, 4) is 11.1 Å². The molecule has 1 atom stereocenters. The van der Waals surface area contributed by atoms with Gasteiger partial charge in [-0.3, -0.25) is 0 Å². The first-order valence-corrected chi connectivity index (χ1v) is 11.8. The van der Waals surface area contributed by atoms with E-state index in [9.17, 15) is 4.79 Å². The van der Waals surface area contributed by atoms with Crippen molar-refractivity contribution in [2.45, 2.75) is 58.0 Å². The first kappa shape index (κ1) is 22.3. The normalized spacial score (nSPS) is 15.2. The minimum Gasteiger partial charge on any atom is -0.465 e. The summed E-state index contributed by atoms with van der Waals surface area (Å²) in [5.41, 5.74) is 8.40. The van der Waals surface area contributed by atoms with Crippen LogP contribution in [-0.4, -0.2) is 13.1 Å². The van der Waals surface area contributed by atoms with Gasteiger partial charge in [0, 0.05) is 12.6 Å². The van der Waals surface area contributed by atoms with Crippen LogP contribution >= 0.6 is 0 Å². The SMILES string of the molecule is CCCCc1ccc(-c2ccc(CNC3CCCc4ccc(C(=O)OC)cc43)cc2)cc1. The minimum absolute atomic E-state index is 0.263. The molecule has 0 aliphatic heterocycles. The number of aryl methyl sites for hydroxylation is 2. The second-order valence-electron chi connectivity index (χ2n) is 8.73. The molecule has 3 heteroatoms. The molecule has 0 amide bonds. The molecule has 0 fully saturated rings. The molecule has 0 bridgehead atoms. The van der Waals surface area contributed by atoms with Crippen molar-refractivity contribution >= 4 is 5.97 Å². The summed E-state index contributed by atoms with van der Waals surface area (Å²) in [5, 5.41) is 3.71. The summed E-state index contributed by atoms with van der Waals surface area (Å²) < 4.78 is 4.90. The second-order valence-corrected chi connectivity index (χ2v) is 8.73. The molecule has 0 saturated carbocycles. The Balaban J connectivity index is 1.40. The lowest BCUT2D eigenvalue weighted by Crippen LogP contribution is -2.25. The third-order valence-electron chi connectivity index (χ3n) is 6.49. The number of hydrogen-bond donors (Lipinski definition) is 1. The van der Waals surface area contributed by atoms with Crippen LogP contribution in [0.15, 0.2) is 66.7 Å². The fourth-order valence-electron chi connectivity index (χ4n) is 4.56. The molecule has 3 aromatic rings. The average Bonchev–Trinajstić information content (AvgIpc) is 2.86. The zero-order valence-electron chi connectivity index (χ0n) is 19.2. The summed E-state index contributed by atoms with van der Waals surface area (Å²) in [6, 6.07) is 24.0. The number of hydrogen-bond acceptors (Lipinski definition) is 3. The van der Waals surface area contributed by atoms with Crippen LogP contribution in [0, 0.1) is 0 Å². The van der Waals surface area contributed by atoms with Crippen LogP contribution in [-0.2, 0) is 24.1 Å². The first-order valence-electron chi connectivity index (χ1n) is 11.8. The molecule has 0 spiro atoms. The van der Waals surface area contributed by atoms with Gasteiger partial charge in [0.2, 0.25) is 0 Å². The zero-order valence-corrected chi connectivity index (χ0v) is 19.2. The Morgan fingerprint density at radius 3 is 2.31 bits per heavy atom. The Hall–Kier alpha value is -2.91. The molecule has 0 saturated heterocycles. The van der Waals surface area contributed by atoms with Crippen LogP contribution in [0.1, 0.15) is 71.3 Å². The predicted molar refractivity (Wildman–Crippen MR) is 131 cm³/mol. The van der Waals surface area contributed by atoms with Crippen LogP contribution in [0.3, 0.4) is 0 Å². The van der Waals surface area contributed by atoms with E-state index in [1.54, 1.807) is 0 Å². The van der Waals surface area contributed by atoms with E-state index in [0.717, 1.165) is 32.2 Å². The molecular formula is C29H33NO2. The Kier molecular flexibility index (Phi) is 7.39. The molecule has 166 valence electrons. The first-order chi connectivity index (χ1) is 15.7. The van der Waals surface area contributed by atoms with Crippen molar-refractivity contribution in [2.75, 3.05) is 7.11 Å². The van der Waals surface area contributed by atoms with Gasteiger partial charge in [-0.25, -0.2) is 4.79 Å². The van der Waals surface area contributed by atoms with Crippen LogP contribution in [0.2, 0.25) is 0 Å². The van der Waals surface area contributed by atoms with Gasteiger partial charge in [-0.15, -0.1) is 0 Å². The highest BCUT2D eigenvalue weighted by Crippen LogP contribution is 2.31. The van der Waals surface area contributed by atoms with Crippen LogP contribution in [0.5, 0.6) is 0 Å². The van der Waals surface area contributed by atoms with Crippen molar-refractivity contribution in [3.05, 3.63) is 94.5 Å². The van der Waals surface area contributed by atoms with Gasteiger partial charge in [0.05, 0.1) is 12.7 Å². The topological polar surface area (TPSA) is 38.3 Å². The number of carbonyl (C=O) groups is 1. The van der Waals surface area contributed by atoms with E-state index in [-0.39, 0.29) is 12.0 Å². The molecule has 1 unspecified atom stereocenters. The van der Waals surface area contributed by atoms with Gasteiger partial charge >= 0.3 is 5.97 Å². The number of fused-ring (bicyclic) bond motifs is 1. The fourth-order valence-corrected chi connectivity index (χ4v) is 4.56. The quantitative estimate of drug-likeness (QED) is 0.409. The van der Waals surface area contributed by atoms with Gasteiger partial charge < -0.3 is 10.1 Å². The highest BCUT2D eigenvalue weighted by atomic mass is 16.5. The Morgan fingerprint density at radius 1 is 0.969 bits per heavy atom. The maximum Gasteiger partial charge on any atom is 0.337 e. The average molecular weight is 428 g/mol. The highest BCUT2D eigenvalue weighted by Gasteiger charge is 2.21. The van der Waals surface area contributed by atoms with Gasteiger partial charge in [0.1, 0.15) is 0 Å². The van der Waals surface area contributed by atoms with Gasteiger partial charge in [-0.05, 0) is 77.6 Å². The molecule has 0 radical (unpaired) electrons. The number of unbranched alkanes of at least 4 members (excludes halogenated alkanes) is 1. The van der Waals surface area contributed by atoms with Crippen LogP contribution in [0.4, 0.5) is 0 Å². The number of methoxy groups -OCH3 is 1. The zero-order chi connectivity index (χ0) is 22.3. The minimum atomic E-state index is -0.272. The molecule has 1 N–H and O–H groups in total. The summed E-state index contributed by atoms with van der Waals surface area (Å²) in [6.45, 7) is 3.04. The Bertz CT molecular complexity index is 1040. The standard InChI is InChI=1S/C29H33NO2/c1-3-4-6-21-9-13-23(14-10-21)24-15-11-22(12-16-24)20-30-28-8-5-7-25-17-18-26(19-27(25)28)29(31)32-2/h9-19,28,30H,3-8,20H2,1-2H3. The third-order valence-corrected chi connectivity index (χ3v) is 6.49. The Morgan fingerprint density at radius 2 is 1.66 bits per heavy atom. The van der Waals surface area contributed by atoms with Crippen molar-refractivity contribution in [1.82, 2.24) is 5.32 Å². The predicted octanol–water partition coefficient (Wildman–Crippen LogP) is 6.65. The van der Waals surface area contributed by atoms with Crippen molar-refractivity contribution in [3.63, 3.8) is 0 Å². The van der Waals surface area contributed by atoms with Crippen molar-refractivity contribution in [2.24, 2.45) is 0 Å². The van der Waals surface area contributed by atoms with Gasteiger partial charge in [-0.1, -0.05) is 67.9 Å². The number of nitrogens with one attached hydrogen (secondary N) is 1. The van der Waals surface area contributed by atoms with E-state index in [1.165, 1.54) is 53.3 Å².